The number of benzene rings is 1. The van der Waals surface area contributed by atoms with Gasteiger partial charge >= 0.3 is 0 Å². The molecule has 1 aliphatic rings. The minimum Gasteiger partial charge on any atom is -0.385 e. The zero-order chi connectivity index (χ0) is 18.6. The molecular formula is C21H28O4. The van der Waals surface area contributed by atoms with Gasteiger partial charge in [-0.15, -0.1) is 0 Å². The summed E-state index contributed by atoms with van der Waals surface area (Å²) in [4.78, 5) is 37.5. The Bertz CT molecular complexity index is 651. The molecule has 0 heterocycles. The van der Waals surface area contributed by atoms with E-state index in [4.69, 9.17) is 4.74 Å². The number of aryl methyl sites for hydroxylation is 3. The molecule has 136 valence electrons. The fourth-order valence-electron chi connectivity index (χ4n) is 3.92. The van der Waals surface area contributed by atoms with E-state index < -0.39 is 11.8 Å². The fraction of sp³-hybridized carbons (Fsp3) is 0.571. The van der Waals surface area contributed by atoms with E-state index in [2.05, 4.69) is 0 Å². The number of carbonyl (C=O) groups excluding carboxylic acids is 3. The van der Waals surface area contributed by atoms with Gasteiger partial charge in [-0.2, -0.15) is 0 Å². The van der Waals surface area contributed by atoms with Gasteiger partial charge in [0.15, 0.2) is 5.78 Å². The van der Waals surface area contributed by atoms with Gasteiger partial charge in [0.2, 0.25) is 0 Å². The lowest BCUT2D eigenvalue weighted by Crippen LogP contribution is -2.19. The summed E-state index contributed by atoms with van der Waals surface area (Å²) in [5.74, 6) is -1.19. The predicted octanol–water partition coefficient (Wildman–Crippen LogP) is 3.63. The third-order valence-electron chi connectivity index (χ3n) is 5.01. The Balaban J connectivity index is 2.07. The van der Waals surface area contributed by atoms with Crippen molar-refractivity contribution in [2.45, 2.75) is 58.8 Å². The van der Waals surface area contributed by atoms with Gasteiger partial charge in [-0.25, -0.2) is 0 Å². The predicted molar refractivity (Wildman–Crippen MR) is 96.9 cm³/mol. The van der Waals surface area contributed by atoms with E-state index in [9.17, 15) is 14.4 Å². The highest BCUT2D eigenvalue weighted by Gasteiger charge is 2.43. The molecular weight excluding hydrogens is 316 g/mol. The summed E-state index contributed by atoms with van der Waals surface area (Å²) < 4.78 is 4.97. The van der Waals surface area contributed by atoms with E-state index in [1.165, 1.54) is 0 Å². The SMILES string of the molecule is COCCCCC(=O)CC1CC(=O)C(c2c(C)cc(C)cc2C)C1=O. The first-order valence-electron chi connectivity index (χ1n) is 9.00. The van der Waals surface area contributed by atoms with Crippen LogP contribution in [0.15, 0.2) is 12.1 Å². The normalized spacial score (nSPS) is 20.3. The highest BCUT2D eigenvalue weighted by atomic mass is 16.5. The molecule has 0 radical (unpaired) electrons. The van der Waals surface area contributed by atoms with E-state index in [1.54, 1.807) is 7.11 Å². The molecule has 0 aliphatic heterocycles. The quantitative estimate of drug-likeness (QED) is 0.534. The van der Waals surface area contributed by atoms with E-state index in [-0.39, 0.29) is 30.2 Å². The highest BCUT2D eigenvalue weighted by Crippen LogP contribution is 2.37. The smallest absolute Gasteiger partial charge is 0.151 e. The van der Waals surface area contributed by atoms with Crippen LogP contribution in [0.25, 0.3) is 0 Å². The summed E-state index contributed by atoms with van der Waals surface area (Å²) in [6.45, 7) is 6.55. The number of ether oxygens (including phenoxy) is 1. The average Bonchev–Trinajstić information content (AvgIpc) is 2.78. The molecule has 1 saturated carbocycles. The summed E-state index contributed by atoms with van der Waals surface area (Å²) in [6, 6.07) is 4.02. The second-order valence-electron chi connectivity index (χ2n) is 7.21. The van der Waals surface area contributed by atoms with Gasteiger partial charge in [-0.1, -0.05) is 17.7 Å². The van der Waals surface area contributed by atoms with Crippen LogP contribution >= 0.6 is 0 Å². The Labute approximate surface area is 149 Å². The maximum Gasteiger partial charge on any atom is 0.151 e. The lowest BCUT2D eigenvalue weighted by atomic mass is 9.86. The summed E-state index contributed by atoms with van der Waals surface area (Å²) >= 11 is 0. The zero-order valence-corrected chi connectivity index (χ0v) is 15.7. The lowest BCUT2D eigenvalue weighted by molar-refractivity contribution is -0.127. The summed E-state index contributed by atoms with van der Waals surface area (Å²) in [5.41, 5.74) is 3.93. The van der Waals surface area contributed by atoms with Gasteiger partial charge in [0.25, 0.3) is 0 Å². The Kier molecular flexibility index (Phi) is 6.65. The van der Waals surface area contributed by atoms with Gasteiger partial charge in [-0.3, -0.25) is 14.4 Å². The monoisotopic (exact) mass is 344 g/mol. The Morgan fingerprint density at radius 2 is 1.76 bits per heavy atom. The summed E-state index contributed by atoms with van der Waals surface area (Å²) in [5, 5.41) is 0. The third kappa shape index (κ3) is 4.63. The molecule has 4 heteroatoms. The van der Waals surface area contributed by atoms with Crippen molar-refractivity contribution < 1.29 is 19.1 Å². The molecule has 2 unspecified atom stereocenters. The van der Waals surface area contributed by atoms with Crippen LogP contribution in [0, 0.1) is 26.7 Å². The van der Waals surface area contributed by atoms with Crippen molar-refractivity contribution in [3.8, 4) is 0 Å². The number of hydrogen-bond donors (Lipinski definition) is 0. The molecule has 25 heavy (non-hydrogen) atoms. The van der Waals surface area contributed by atoms with Crippen LogP contribution < -0.4 is 0 Å². The number of ketones is 3. The van der Waals surface area contributed by atoms with Crippen molar-refractivity contribution in [2.24, 2.45) is 5.92 Å². The molecule has 4 nitrogen and oxygen atoms in total. The number of Topliss-reactive ketones (excluding diaryl/α,β-unsaturated/α-hetero) is 3. The molecule has 2 rings (SSSR count). The largest absolute Gasteiger partial charge is 0.385 e. The van der Waals surface area contributed by atoms with Gasteiger partial charge in [0.1, 0.15) is 17.5 Å². The molecule has 0 N–H and O–H groups in total. The highest BCUT2D eigenvalue weighted by molar-refractivity contribution is 6.15. The Morgan fingerprint density at radius 3 is 2.36 bits per heavy atom. The third-order valence-corrected chi connectivity index (χ3v) is 5.01. The average molecular weight is 344 g/mol. The van der Waals surface area contributed by atoms with Crippen molar-refractivity contribution in [3.63, 3.8) is 0 Å². The van der Waals surface area contributed by atoms with Crippen LogP contribution in [0.5, 0.6) is 0 Å². The first-order chi connectivity index (χ1) is 11.8. The Morgan fingerprint density at radius 1 is 1.12 bits per heavy atom. The molecule has 0 bridgehead atoms. The Hall–Kier alpha value is -1.81. The van der Waals surface area contributed by atoms with E-state index in [0.29, 0.717) is 13.0 Å². The van der Waals surface area contributed by atoms with Crippen LogP contribution in [-0.4, -0.2) is 31.1 Å². The molecule has 1 aromatic carbocycles. The van der Waals surface area contributed by atoms with Crippen molar-refractivity contribution >= 4 is 17.3 Å². The van der Waals surface area contributed by atoms with Crippen LogP contribution in [0.2, 0.25) is 0 Å². The molecule has 2 atom stereocenters. The minimum atomic E-state index is -0.688. The van der Waals surface area contributed by atoms with E-state index in [0.717, 1.165) is 35.1 Å². The van der Waals surface area contributed by atoms with Crippen LogP contribution in [0.4, 0.5) is 0 Å². The molecule has 0 amide bonds. The van der Waals surface area contributed by atoms with Gasteiger partial charge in [0.05, 0.1) is 0 Å². The summed E-state index contributed by atoms with van der Waals surface area (Å²) in [7, 11) is 1.64. The second kappa shape index (κ2) is 8.52. The van der Waals surface area contributed by atoms with E-state index >= 15 is 0 Å². The first-order valence-corrected chi connectivity index (χ1v) is 9.00. The van der Waals surface area contributed by atoms with Gasteiger partial charge < -0.3 is 4.74 Å². The molecule has 0 spiro atoms. The van der Waals surface area contributed by atoms with Crippen molar-refractivity contribution in [1.82, 2.24) is 0 Å². The topological polar surface area (TPSA) is 60.4 Å². The maximum atomic E-state index is 12.8. The number of carbonyl (C=O) groups is 3. The number of unbranched alkanes of at least 4 members (excludes halogenated alkanes) is 1. The standard InChI is InChI=1S/C21H28O4/c1-13-9-14(2)19(15(3)10-13)20-18(23)12-16(21(20)24)11-17(22)7-5-6-8-25-4/h9-10,16,20H,5-8,11-12H2,1-4H3. The van der Waals surface area contributed by atoms with E-state index in [1.807, 2.05) is 32.9 Å². The van der Waals surface area contributed by atoms with Crippen molar-refractivity contribution in [3.05, 3.63) is 34.4 Å². The zero-order valence-electron chi connectivity index (χ0n) is 15.7. The molecule has 0 saturated heterocycles. The lowest BCUT2D eigenvalue weighted by Gasteiger charge is -2.16. The van der Waals surface area contributed by atoms with Crippen LogP contribution in [0.3, 0.4) is 0 Å². The molecule has 1 aliphatic carbocycles. The van der Waals surface area contributed by atoms with Gasteiger partial charge in [-0.05, 0) is 50.3 Å². The minimum absolute atomic E-state index is 0.0442. The van der Waals surface area contributed by atoms with Crippen molar-refractivity contribution in [2.75, 3.05) is 13.7 Å². The molecule has 0 aromatic heterocycles. The summed E-state index contributed by atoms with van der Waals surface area (Å²) in [6.07, 6.45) is 2.44. The fourth-order valence-corrected chi connectivity index (χ4v) is 3.92. The second-order valence-corrected chi connectivity index (χ2v) is 7.21. The first kappa shape index (κ1) is 19.5. The molecule has 1 fully saturated rings. The van der Waals surface area contributed by atoms with Crippen molar-refractivity contribution in [1.29, 1.82) is 0 Å². The van der Waals surface area contributed by atoms with Gasteiger partial charge in [0, 0.05) is 38.9 Å². The number of methoxy groups -OCH3 is 1. The maximum absolute atomic E-state index is 12.8. The number of rotatable bonds is 8. The van der Waals surface area contributed by atoms with Crippen LogP contribution in [-0.2, 0) is 19.1 Å². The van der Waals surface area contributed by atoms with Crippen LogP contribution in [0.1, 0.15) is 60.3 Å². The number of hydrogen-bond acceptors (Lipinski definition) is 4. The molecule has 1 aromatic rings.